The molecule has 4 heteroatoms. The lowest BCUT2D eigenvalue weighted by Crippen LogP contribution is -2.38. The van der Waals surface area contributed by atoms with Crippen LogP contribution >= 0.6 is 0 Å². The molecule has 4 nitrogen and oxygen atoms in total. The number of hydrogen-bond acceptors (Lipinski definition) is 2. The molecular weight excluding hydrogens is 238 g/mol. The van der Waals surface area contributed by atoms with Crippen molar-refractivity contribution < 1.29 is 4.74 Å². The van der Waals surface area contributed by atoms with Gasteiger partial charge < -0.3 is 15.4 Å². The van der Waals surface area contributed by atoms with Crippen LogP contribution in [0.4, 0.5) is 0 Å². The smallest absolute Gasteiger partial charge is 0.190 e. The van der Waals surface area contributed by atoms with E-state index in [-0.39, 0.29) is 0 Å². The average Bonchev–Trinajstić information content (AvgIpc) is 3.24. The highest BCUT2D eigenvalue weighted by Gasteiger charge is 2.20. The fourth-order valence-electron chi connectivity index (χ4n) is 1.89. The van der Waals surface area contributed by atoms with Crippen molar-refractivity contribution in [3.63, 3.8) is 0 Å². The highest BCUT2D eigenvalue weighted by atomic mass is 16.5. The summed E-state index contributed by atoms with van der Waals surface area (Å²) in [6.45, 7) is 6.00. The maximum absolute atomic E-state index is 5.60. The molecule has 1 aliphatic carbocycles. The predicted molar refractivity (Wildman–Crippen MR) is 81.7 cm³/mol. The summed E-state index contributed by atoms with van der Waals surface area (Å²) >= 11 is 0. The molecule has 0 saturated heterocycles. The number of hydrogen-bond donors (Lipinski definition) is 2. The van der Waals surface area contributed by atoms with Gasteiger partial charge in [-0.2, -0.15) is 0 Å². The largest absolute Gasteiger partial charge is 0.381 e. The molecular formula is C15H31N3O. The van der Waals surface area contributed by atoms with E-state index >= 15 is 0 Å². The zero-order valence-electron chi connectivity index (χ0n) is 12.7. The molecule has 2 N–H and O–H groups in total. The summed E-state index contributed by atoms with van der Waals surface area (Å²) in [4.78, 5) is 4.22. The summed E-state index contributed by atoms with van der Waals surface area (Å²) in [5.41, 5.74) is 0. The molecule has 0 aliphatic heterocycles. The van der Waals surface area contributed by atoms with Crippen LogP contribution in [0.15, 0.2) is 4.99 Å². The van der Waals surface area contributed by atoms with Crippen LogP contribution in [0.3, 0.4) is 0 Å². The van der Waals surface area contributed by atoms with Gasteiger partial charge in [0.05, 0.1) is 0 Å². The second-order valence-electron chi connectivity index (χ2n) is 5.36. The lowest BCUT2D eigenvalue weighted by Gasteiger charge is -2.11. The van der Waals surface area contributed by atoms with E-state index < -0.39 is 0 Å². The first kappa shape index (κ1) is 16.3. The van der Waals surface area contributed by atoms with Crippen LogP contribution in [0.5, 0.6) is 0 Å². The van der Waals surface area contributed by atoms with Gasteiger partial charge in [-0.05, 0) is 31.6 Å². The Morgan fingerprint density at radius 1 is 1.11 bits per heavy atom. The maximum atomic E-state index is 5.60. The first-order valence-electron chi connectivity index (χ1n) is 7.89. The van der Waals surface area contributed by atoms with Gasteiger partial charge in [-0.1, -0.05) is 26.2 Å². The minimum Gasteiger partial charge on any atom is -0.381 e. The Morgan fingerprint density at radius 2 is 1.84 bits per heavy atom. The molecule has 0 radical (unpaired) electrons. The molecule has 0 bridgehead atoms. The van der Waals surface area contributed by atoms with E-state index in [2.05, 4.69) is 22.5 Å². The normalized spacial score (nSPS) is 15.6. The number of aliphatic imine (C=N–C) groups is 1. The Hall–Kier alpha value is -0.770. The van der Waals surface area contributed by atoms with Crippen LogP contribution in [0.1, 0.15) is 51.9 Å². The van der Waals surface area contributed by atoms with Crippen molar-refractivity contribution in [2.45, 2.75) is 51.9 Å². The van der Waals surface area contributed by atoms with Crippen LogP contribution in [0, 0.1) is 5.92 Å². The molecule has 0 aromatic heterocycles. The zero-order valence-corrected chi connectivity index (χ0v) is 12.7. The standard InChI is InChI=1S/C15H31N3O/c1-3-4-5-6-10-17-15(16-2)18-11-7-12-19-13-14-8-9-14/h14H,3-13H2,1-2H3,(H2,16,17,18). The fourth-order valence-corrected chi connectivity index (χ4v) is 1.89. The third-order valence-corrected chi connectivity index (χ3v) is 3.35. The Kier molecular flexibility index (Phi) is 9.51. The highest BCUT2D eigenvalue weighted by molar-refractivity contribution is 5.79. The van der Waals surface area contributed by atoms with Crippen molar-refractivity contribution in [3.8, 4) is 0 Å². The van der Waals surface area contributed by atoms with Gasteiger partial charge in [-0.15, -0.1) is 0 Å². The molecule has 112 valence electrons. The Balaban J connectivity index is 1.86. The highest BCUT2D eigenvalue weighted by Crippen LogP contribution is 2.28. The first-order valence-corrected chi connectivity index (χ1v) is 7.89. The molecule has 0 atom stereocenters. The predicted octanol–water partition coefficient (Wildman–Crippen LogP) is 2.55. The minimum absolute atomic E-state index is 0.858. The fraction of sp³-hybridized carbons (Fsp3) is 0.933. The maximum Gasteiger partial charge on any atom is 0.190 e. The molecule has 0 aromatic carbocycles. The van der Waals surface area contributed by atoms with Crippen molar-refractivity contribution in [1.29, 1.82) is 0 Å². The van der Waals surface area contributed by atoms with Crippen molar-refractivity contribution in [3.05, 3.63) is 0 Å². The molecule has 1 rings (SSSR count). The number of guanidine groups is 1. The summed E-state index contributed by atoms with van der Waals surface area (Å²) in [6, 6.07) is 0. The first-order chi connectivity index (χ1) is 9.36. The molecule has 0 unspecified atom stereocenters. The van der Waals surface area contributed by atoms with Crippen LogP contribution in [0.25, 0.3) is 0 Å². The van der Waals surface area contributed by atoms with Crippen molar-refractivity contribution in [2.24, 2.45) is 10.9 Å². The Labute approximate surface area is 118 Å². The number of nitrogens with zero attached hydrogens (tertiary/aromatic N) is 1. The summed E-state index contributed by atoms with van der Waals surface area (Å²) in [5.74, 6) is 1.78. The van der Waals surface area contributed by atoms with Crippen molar-refractivity contribution in [1.82, 2.24) is 10.6 Å². The van der Waals surface area contributed by atoms with Gasteiger partial charge in [-0.25, -0.2) is 0 Å². The van der Waals surface area contributed by atoms with E-state index in [0.29, 0.717) is 0 Å². The van der Waals surface area contributed by atoms with Gasteiger partial charge in [0.15, 0.2) is 5.96 Å². The van der Waals surface area contributed by atoms with Crippen molar-refractivity contribution >= 4 is 5.96 Å². The lowest BCUT2D eigenvalue weighted by atomic mass is 10.2. The lowest BCUT2D eigenvalue weighted by molar-refractivity contribution is 0.123. The number of rotatable bonds is 11. The second-order valence-corrected chi connectivity index (χ2v) is 5.36. The quantitative estimate of drug-likeness (QED) is 0.344. The van der Waals surface area contributed by atoms with E-state index in [1.807, 2.05) is 7.05 Å². The summed E-state index contributed by atoms with van der Waals surface area (Å²) in [7, 11) is 1.82. The van der Waals surface area contributed by atoms with Crippen LogP contribution < -0.4 is 10.6 Å². The molecule has 1 aliphatic rings. The average molecular weight is 269 g/mol. The van der Waals surface area contributed by atoms with Gasteiger partial charge in [-0.3, -0.25) is 4.99 Å². The van der Waals surface area contributed by atoms with Crippen LogP contribution in [-0.4, -0.2) is 39.3 Å². The van der Waals surface area contributed by atoms with E-state index in [1.165, 1.54) is 38.5 Å². The van der Waals surface area contributed by atoms with E-state index in [9.17, 15) is 0 Å². The minimum atomic E-state index is 0.858. The van der Waals surface area contributed by atoms with Gasteiger partial charge in [0.25, 0.3) is 0 Å². The van der Waals surface area contributed by atoms with Crippen LogP contribution in [-0.2, 0) is 4.74 Å². The molecule has 19 heavy (non-hydrogen) atoms. The van der Waals surface area contributed by atoms with Crippen LogP contribution in [0.2, 0.25) is 0 Å². The van der Waals surface area contributed by atoms with Gasteiger partial charge in [0.2, 0.25) is 0 Å². The summed E-state index contributed by atoms with van der Waals surface area (Å²) < 4.78 is 5.60. The van der Waals surface area contributed by atoms with E-state index in [4.69, 9.17) is 4.74 Å². The summed E-state index contributed by atoms with van der Waals surface area (Å²) in [6.07, 6.45) is 8.91. The Morgan fingerprint density at radius 3 is 2.47 bits per heavy atom. The second kappa shape index (κ2) is 11.1. The third-order valence-electron chi connectivity index (χ3n) is 3.35. The number of nitrogens with one attached hydrogen (secondary N) is 2. The molecule has 1 fully saturated rings. The van der Waals surface area contributed by atoms with Gasteiger partial charge >= 0.3 is 0 Å². The van der Waals surface area contributed by atoms with Crippen molar-refractivity contribution in [2.75, 3.05) is 33.4 Å². The number of unbranched alkanes of at least 4 members (excludes halogenated alkanes) is 3. The third kappa shape index (κ3) is 9.77. The van der Waals surface area contributed by atoms with Gasteiger partial charge in [0.1, 0.15) is 0 Å². The summed E-state index contributed by atoms with van der Waals surface area (Å²) in [5, 5.41) is 6.67. The molecule has 0 aromatic rings. The molecule has 0 spiro atoms. The topological polar surface area (TPSA) is 45.7 Å². The monoisotopic (exact) mass is 269 g/mol. The zero-order chi connectivity index (χ0) is 13.8. The molecule has 1 saturated carbocycles. The van der Waals surface area contributed by atoms with Gasteiger partial charge in [0, 0.05) is 33.4 Å². The SMILES string of the molecule is CCCCCCNC(=NC)NCCCOCC1CC1. The van der Waals surface area contributed by atoms with E-state index in [0.717, 1.165) is 44.6 Å². The Bertz CT molecular complexity index is 240. The molecule has 0 amide bonds. The van der Waals surface area contributed by atoms with E-state index in [1.54, 1.807) is 0 Å². The molecule has 0 heterocycles. The number of ether oxygens (including phenoxy) is 1.